The molecule has 1 N–H and O–H groups in total. The van der Waals surface area contributed by atoms with Gasteiger partial charge in [0.1, 0.15) is 5.75 Å². The zero-order valence-corrected chi connectivity index (χ0v) is 12.4. The third-order valence-corrected chi connectivity index (χ3v) is 4.74. The van der Waals surface area contributed by atoms with E-state index in [0.29, 0.717) is 6.04 Å². The minimum Gasteiger partial charge on any atom is -0.497 e. The summed E-state index contributed by atoms with van der Waals surface area (Å²) in [6.45, 7) is 1.96. The Morgan fingerprint density at radius 2 is 2.30 bits per heavy atom. The molecular formula is C17H25NO2. The first-order valence-electron chi connectivity index (χ1n) is 7.80. The molecule has 1 aromatic rings. The van der Waals surface area contributed by atoms with Gasteiger partial charge in [0.15, 0.2) is 0 Å². The van der Waals surface area contributed by atoms with Gasteiger partial charge in [-0.2, -0.15) is 0 Å². The van der Waals surface area contributed by atoms with Gasteiger partial charge in [-0.05, 0) is 62.8 Å². The van der Waals surface area contributed by atoms with Crippen LogP contribution in [0.15, 0.2) is 24.3 Å². The molecule has 2 fully saturated rings. The molecule has 110 valence electrons. The van der Waals surface area contributed by atoms with Crippen LogP contribution >= 0.6 is 0 Å². The Morgan fingerprint density at radius 1 is 1.40 bits per heavy atom. The van der Waals surface area contributed by atoms with Crippen molar-refractivity contribution in [2.75, 3.05) is 20.3 Å². The molecule has 1 unspecified atom stereocenters. The molecule has 3 nitrogen and oxygen atoms in total. The van der Waals surface area contributed by atoms with Gasteiger partial charge in [-0.15, -0.1) is 0 Å². The Labute approximate surface area is 121 Å². The summed E-state index contributed by atoms with van der Waals surface area (Å²) in [4.78, 5) is 0. The van der Waals surface area contributed by atoms with Crippen molar-refractivity contribution >= 4 is 0 Å². The van der Waals surface area contributed by atoms with Gasteiger partial charge in [-0.3, -0.25) is 0 Å². The van der Waals surface area contributed by atoms with Crippen LogP contribution in [0, 0.1) is 0 Å². The number of benzene rings is 1. The van der Waals surface area contributed by atoms with E-state index in [1.165, 1.54) is 31.2 Å². The molecule has 1 aromatic carbocycles. The van der Waals surface area contributed by atoms with Crippen molar-refractivity contribution in [1.82, 2.24) is 5.32 Å². The van der Waals surface area contributed by atoms with Crippen LogP contribution in [-0.4, -0.2) is 31.9 Å². The molecule has 0 bridgehead atoms. The number of methoxy groups -OCH3 is 1. The summed E-state index contributed by atoms with van der Waals surface area (Å²) < 4.78 is 11.2. The lowest BCUT2D eigenvalue weighted by Gasteiger charge is -2.47. The maximum absolute atomic E-state index is 5.97. The van der Waals surface area contributed by atoms with Crippen LogP contribution in [0.3, 0.4) is 0 Å². The highest BCUT2D eigenvalue weighted by molar-refractivity contribution is 5.28. The lowest BCUT2D eigenvalue weighted by atomic mass is 9.74. The summed E-state index contributed by atoms with van der Waals surface area (Å²) >= 11 is 0. The molecular weight excluding hydrogens is 250 g/mol. The van der Waals surface area contributed by atoms with Gasteiger partial charge in [-0.25, -0.2) is 0 Å². The third-order valence-electron chi connectivity index (χ3n) is 4.74. The van der Waals surface area contributed by atoms with E-state index in [0.717, 1.165) is 31.7 Å². The van der Waals surface area contributed by atoms with Crippen molar-refractivity contribution < 1.29 is 9.47 Å². The lowest BCUT2D eigenvalue weighted by molar-refractivity contribution is -0.135. The van der Waals surface area contributed by atoms with E-state index in [1.807, 2.05) is 6.07 Å². The van der Waals surface area contributed by atoms with E-state index in [-0.39, 0.29) is 5.60 Å². The van der Waals surface area contributed by atoms with Crippen LogP contribution in [0.2, 0.25) is 0 Å². The Kier molecular flexibility index (Phi) is 4.27. The zero-order chi connectivity index (χ0) is 13.8. The first-order chi connectivity index (χ1) is 9.80. The summed E-state index contributed by atoms with van der Waals surface area (Å²) in [5.74, 6) is 0.946. The highest BCUT2D eigenvalue weighted by Crippen LogP contribution is 2.42. The van der Waals surface area contributed by atoms with Crippen molar-refractivity contribution in [3.05, 3.63) is 29.8 Å². The SMILES string of the molecule is COc1cccc(CCNC2CCOC3(CCC3)C2)c1. The molecule has 1 heterocycles. The van der Waals surface area contributed by atoms with E-state index < -0.39 is 0 Å². The molecule has 1 saturated carbocycles. The van der Waals surface area contributed by atoms with Crippen LogP contribution in [0.5, 0.6) is 5.75 Å². The normalized spacial score (nSPS) is 24.4. The molecule has 0 radical (unpaired) electrons. The van der Waals surface area contributed by atoms with Gasteiger partial charge < -0.3 is 14.8 Å². The van der Waals surface area contributed by atoms with Crippen molar-refractivity contribution in [2.45, 2.75) is 50.2 Å². The number of rotatable bonds is 5. The van der Waals surface area contributed by atoms with E-state index in [4.69, 9.17) is 9.47 Å². The predicted molar refractivity (Wildman–Crippen MR) is 80.3 cm³/mol. The van der Waals surface area contributed by atoms with Gasteiger partial charge >= 0.3 is 0 Å². The Morgan fingerprint density at radius 3 is 3.05 bits per heavy atom. The second-order valence-electron chi connectivity index (χ2n) is 6.13. The molecule has 0 aromatic heterocycles. The minimum absolute atomic E-state index is 0.242. The van der Waals surface area contributed by atoms with Crippen LogP contribution in [0.25, 0.3) is 0 Å². The topological polar surface area (TPSA) is 30.5 Å². The Hall–Kier alpha value is -1.06. The smallest absolute Gasteiger partial charge is 0.119 e. The van der Waals surface area contributed by atoms with E-state index in [2.05, 4.69) is 23.5 Å². The molecule has 3 rings (SSSR count). The molecule has 20 heavy (non-hydrogen) atoms. The second-order valence-corrected chi connectivity index (χ2v) is 6.13. The quantitative estimate of drug-likeness (QED) is 0.896. The van der Waals surface area contributed by atoms with Crippen LogP contribution < -0.4 is 10.1 Å². The third kappa shape index (κ3) is 3.15. The van der Waals surface area contributed by atoms with Crippen molar-refractivity contribution in [3.8, 4) is 5.75 Å². The summed E-state index contributed by atoms with van der Waals surface area (Å²) in [7, 11) is 1.72. The highest BCUT2D eigenvalue weighted by atomic mass is 16.5. The maximum atomic E-state index is 5.97. The fraction of sp³-hybridized carbons (Fsp3) is 0.647. The lowest BCUT2D eigenvalue weighted by Crippen LogP contribution is -2.51. The van der Waals surface area contributed by atoms with Crippen molar-refractivity contribution in [2.24, 2.45) is 0 Å². The molecule has 1 spiro atoms. The number of hydrogen-bond donors (Lipinski definition) is 1. The monoisotopic (exact) mass is 275 g/mol. The largest absolute Gasteiger partial charge is 0.497 e. The molecule has 1 aliphatic heterocycles. The molecule has 3 heteroatoms. The van der Waals surface area contributed by atoms with Gasteiger partial charge in [0.25, 0.3) is 0 Å². The van der Waals surface area contributed by atoms with Crippen molar-refractivity contribution in [1.29, 1.82) is 0 Å². The van der Waals surface area contributed by atoms with Crippen molar-refractivity contribution in [3.63, 3.8) is 0 Å². The summed E-state index contributed by atoms with van der Waals surface area (Å²) in [5, 5.41) is 3.71. The van der Waals surface area contributed by atoms with Gasteiger partial charge in [0.2, 0.25) is 0 Å². The van der Waals surface area contributed by atoms with Gasteiger partial charge in [-0.1, -0.05) is 12.1 Å². The van der Waals surface area contributed by atoms with Gasteiger partial charge in [0, 0.05) is 12.6 Å². The molecule has 1 atom stereocenters. The second kappa shape index (κ2) is 6.15. The fourth-order valence-corrected chi connectivity index (χ4v) is 3.37. The molecule has 1 saturated heterocycles. The average Bonchev–Trinajstić information content (AvgIpc) is 2.46. The maximum Gasteiger partial charge on any atom is 0.119 e. The van der Waals surface area contributed by atoms with Gasteiger partial charge in [0.05, 0.1) is 12.7 Å². The summed E-state index contributed by atoms with van der Waals surface area (Å²) in [5.41, 5.74) is 1.58. The molecule has 1 aliphatic carbocycles. The zero-order valence-electron chi connectivity index (χ0n) is 12.4. The van der Waals surface area contributed by atoms with Crippen LogP contribution in [-0.2, 0) is 11.2 Å². The standard InChI is InChI=1S/C17H25NO2/c1-19-16-5-2-4-14(12-16)6-10-18-15-7-11-20-17(13-15)8-3-9-17/h2,4-5,12,15,18H,3,6-11,13H2,1H3. The number of nitrogens with one attached hydrogen (secondary N) is 1. The predicted octanol–water partition coefficient (Wildman–Crippen LogP) is 2.93. The first-order valence-corrected chi connectivity index (χ1v) is 7.80. The summed E-state index contributed by atoms with van der Waals surface area (Å²) in [6.07, 6.45) is 7.28. The van der Waals surface area contributed by atoms with Crippen LogP contribution in [0.1, 0.15) is 37.7 Å². The Bertz CT molecular complexity index is 442. The molecule has 2 aliphatic rings. The summed E-state index contributed by atoms with van der Waals surface area (Å²) in [6, 6.07) is 8.98. The number of hydrogen-bond acceptors (Lipinski definition) is 3. The minimum atomic E-state index is 0.242. The Balaban J connectivity index is 1.45. The fourth-order valence-electron chi connectivity index (χ4n) is 3.37. The molecule has 0 amide bonds. The average molecular weight is 275 g/mol. The number of ether oxygens (including phenoxy) is 2. The van der Waals surface area contributed by atoms with E-state index in [1.54, 1.807) is 7.11 Å². The van der Waals surface area contributed by atoms with E-state index >= 15 is 0 Å². The van der Waals surface area contributed by atoms with Crippen LogP contribution in [0.4, 0.5) is 0 Å². The van der Waals surface area contributed by atoms with E-state index in [9.17, 15) is 0 Å². The highest BCUT2D eigenvalue weighted by Gasteiger charge is 2.42. The first kappa shape index (κ1) is 13.9.